The van der Waals surface area contributed by atoms with Gasteiger partial charge in [-0.15, -0.1) is 0 Å². The molecular weight excluding hydrogens is 168 g/mol. The van der Waals surface area contributed by atoms with Crippen molar-refractivity contribution in [1.29, 1.82) is 0 Å². The van der Waals surface area contributed by atoms with Gasteiger partial charge in [-0.3, -0.25) is 4.79 Å². The average Bonchev–Trinajstić information content (AvgIpc) is 2.49. The highest BCUT2D eigenvalue weighted by Crippen LogP contribution is 2.26. The molecule has 0 unspecified atom stereocenters. The predicted octanol–water partition coefficient (Wildman–Crippen LogP) is 0.0684. The molecule has 1 N–H and O–H groups in total. The van der Waals surface area contributed by atoms with Crippen molar-refractivity contribution in [2.75, 3.05) is 20.2 Å². The molecule has 2 rings (SSSR count). The summed E-state index contributed by atoms with van der Waals surface area (Å²) in [6, 6.07) is 0. The molecule has 4 nitrogen and oxygen atoms in total. The second-order valence-corrected chi connectivity index (χ2v) is 3.59. The number of carbonyl (C=O) groups excluding carboxylic acids is 1. The van der Waals surface area contributed by atoms with E-state index >= 15 is 0 Å². The van der Waals surface area contributed by atoms with E-state index in [4.69, 9.17) is 4.84 Å². The van der Waals surface area contributed by atoms with Crippen molar-refractivity contribution in [3.05, 3.63) is 12.2 Å². The van der Waals surface area contributed by atoms with Crippen molar-refractivity contribution in [3.8, 4) is 0 Å². The summed E-state index contributed by atoms with van der Waals surface area (Å²) in [5.41, 5.74) is -0.0773. The van der Waals surface area contributed by atoms with Crippen LogP contribution in [-0.4, -0.2) is 36.7 Å². The molecule has 0 aromatic heterocycles. The molecule has 0 saturated carbocycles. The van der Waals surface area contributed by atoms with Crippen LogP contribution in [-0.2, 0) is 9.63 Å². The second-order valence-electron chi connectivity index (χ2n) is 3.59. The van der Waals surface area contributed by atoms with E-state index < -0.39 is 0 Å². The van der Waals surface area contributed by atoms with Crippen LogP contribution in [0.25, 0.3) is 0 Å². The fourth-order valence-corrected chi connectivity index (χ4v) is 1.92. The number of amides is 1. The fraction of sp³-hybridized carbons (Fsp3) is 0.667. The van der Waals surface area contributed by atoms with E-state index in [-0.39, 0.29) is 11.4 Å². The van der Waals surface area contributed by atoms with Crippen LogP contribution in [0, 0.1) is 0 Å². The van der Waals surface area contributed by atoms with E-state index in [0.717, 1.165) is 25.9 Å². The SMILES string of the molecule is CON1CCC2(C=CC(=O)N2)CC1. The highest BCUT2D eigenvalue weighted by Gasteiger charge is 2.36. The molecule has 1 saturated heterocycles. The minimum atomic E-state index is -0.0773. The Morgan fingerprint density at radius 1 is 1.54 bits per heavy atom. The number of nitrogens with zero attached hydrogens (tertiary/aromatic N) is 1. The summed E-state index contributed by atoms with van der Waals surface area (Å²) >= 11 is 0. The van der Waals surface area contributed by atoms with E-state index in [9.17, 15) is 4.79 Å². The molecule has 0 aromatic carbocycles. The molecule has 4 heteroatoms. The molecule has 0 radical (unpaired) electrons. The van der Waals surface area contributed by atoms with Gasteiger partial charge in [-0.25, -0.2) is 0 Å². The lowest BCUT2D eigenvalue weighted by Crippen LogP contribution is -2.50. The van der Waals surface area contributed by atoms with E-state index in [2.05, 4.69) is 5.32 Å². The van der Waals surface area contributed by atoms with Crippen molar-refractivity contribution in [3.63, 3.8) is 0 Å². The van der Waals surface area contributed by atoms with Gasteiger partial charge < -0.3 is 10.2 Å². The summed E-state index contributed by atoms with van der Waals surface area (Å²) in [5.74, 6) is 0.0332. The van der Waals surface area contributed by atoms with Gasteiger partial charge in [0.25, 0.3) is 0 Å². The van der Waals surface area contributed by atoms with E-state index in [1.807, 2.05) is 11.1 Å². The Morgan fingerprint density at radius 2 is 2.23 bits per heavy atom. The van der Waals surface area contributed by atoms with Gasteiger partial charge in [-0.05, 0) is 12.8 Å². The number of rotatable bonds is 1. The summed E-state index contributed by atoms with van der Waals surface area (Å²) in [6.07, 6.45) is 5.48. The van der Waals surface area contributed by atoms with E-state index in [0.29, 0.717) is 0 Å². The summed E-state index contributed by atoms with van der Waals surface area (Å²) < 4.78 is 0. The molecule has 2 heterocycles. The van der Waals surface area contributed by atoms with Crippen molar-refractivity contribution in [1.82, 2.24) is 10.4 Å². The third-order valence-corrected chi connectivity index (χ3v) is 2.80. The Kier molecular flexibility index (Phi) is 2.09. The highest BCUT2D eigenvalue weighted by atomic mass is 16.7. The first-order valence-corrected chi connectivity index (χ1v) is 4.55. The Labute approximate surface area is 77.5 Å². The molecule has 0 atom stereocenters. The van der Waals surface area contributed by atoms with Crippen molar-refractivity contribution >= 4 is 5.91 Å². The molecule has 1 fully saturated rings. The molecular formula is C9H14N2O2. The first kappa shape index (κ1) is 8.72. The Hall–Kier alpha value is -0.870. The minimum absolute atomic E-state index is 0.0332. The number of carbonyl (C=O) groups is 1. The van der Waals surface area contributed by atoms with Crippen molar-refractivity contribution in [2.45, 2.75) is 18.4 Å². The highest BCUT2D eigenvalue weighted by molar-refractivity contribution is 5.91. The summed E-state index contributed by atoms with van der Waals surface area (Å²) in [6.45, 7) is 1.75. The van der Waals surface area contributed by atoms with E-state index in [1.165, 1.54) is 0 Å². The summed E-state index contributed by atoms with van der Waals surface area (Å²) in [4.78, 5) is 16.1. The topological polar surface area (TPSA) is 41.6 Å². The number of nitrogens with one attached hydrogen (secondary N) is 1. The van der Waals surface area contributed by atoms with Gasteiger partial charge in [0, 0.05) is 19.2 Å². The lowest BCUT2D eigenvalue weighted by molar-refractivity contribution is -0.150. The monoisotopic (exact) mass is 182 g/mol. The first-order chi connectivity index (χ1) is 6.24. The first-order valence-electron chi connectivity index (χ1n) is 4.55. The summed E-state index contributed by atoms with van der Waals surface area (Å²) in [5, 5.41) is 4.90. The quantitative estimate of drug-likeness (QED) is 0.624. The molecule has 2 aliphatic heterocycles. The molecule has 2 aliphatic rings. The van der Waals surface area contributed by atoms with Crippen LogP contribution in [0.2, 0.25) is 0 Å². The number of hydrogen-bond donors (Lipinski definition) is 1. The molecule has 0 bridgehead atoms. The zero-order valence-electron chi connectivity index (χ0n) is 7.75. The molecule has 0 aliphatic carbocycles. The molecule has 72 valence electrons. The minimum Gasteiger partial charge on any atom is -0.344 e. The zero-order chi connectivity index (χ0) is 9.31. The smallest absolute Gasteiger partial charge is 0.244 e. The van der Waals surface area contributed by atoms with Crippen LogP contribution in [0.15, 0.2) is 12.2 Å². The third kappa shape index (κ3) is 1.59. The van der Waals surface area contributed by atoms with Crippen molar-refractivity contribution in [2.24, 2.45) is 0 Å². The molecule has 0 aromatic rings. The van der Waals surface area contributed by atoms with Crippen molar-refractivity contribution < 1.29 is 9.63 Å². The normalized spacial score (nSPS) is 26.7. The second kappa shape index (κ2) is 3.12. The average molecular weight is 182 g/mol. The van der Waals surface area contributed by atoms with Gasteiger partial charge in [-0.1, -0.05) is 6.08 Å². The van der Waals surface area contributed by atoms with Crippen LogP contribution in [0.3, 0.4) is 0 Å². The lowest BCUT2D eigenvalue weighted by Gasteiger charge is -2.36. The fourth-order valence-electron chi connectivity index (χ4n) is 1.92. The maximum Gasteiger partial charge on any atom is 0.244 e. The summed E-state index contributed by atoms with van der Waals surface area (Å²) in [7, 11) is 1.68. The maximum atomic E-state index is 11.0. The lowest BCUT2D eigenvalue weighted by atomic mass is 9.90. The predicted molar refractivity (Wildman–Crippen MR) is 47.8 cm³/mol. The zero-order valence-corrected chi connectivity index (χ0v) is 7.75. The van der Waals surface area contributed by atoms with Gasteiger partial charge in [0.05, 0.1) is 12.6 Å². The van der Waals surface area contributed by atoms with Gasteiger partial charge in [-0.2, -0.15) is 5.06 Å². The van der Waals surface area contributed by atoms with Gasteiger partial charge >= 0.3 is 0 Å². The number of hydrogen-bond acceptors (Lipinski definition) is 3. The Balaban J connectivity index is 1.98. The standard InChI is InChI=1S/C9H14N2O2/c1-13-11-6-4-9(5-7-11)3-2-8(12)10-9/h2-3H,4-7H2,1H3,(H,10,12). The van der Waals surface area contributed by atoms with Crippen LogP contribution in [0.4, 0.5) is 0 Å². The van der Waals surface area contributed by atoms with E-state index in [1.54, 1.807) is 13.2 Å². The van der Waals surface area contributed by atoms with Crippen LogP contribution in [0.1, 0.15) is 12.8 Å². The number of piperidine rings is 1. The maximum absolute atomic E-state index is 11.0. The van der Waals surface area contributed by atoms with Crippen LogP contribution >= 0.6 is 0 Å². The molecule has 1 amide bonds. The Morgan fingerprint density at radius 3 is 2.69 bits per heavy atom. The van der Waals surface area contributed by atoms with Gasteiger partial charge in [0.15, 0.2) is 0 Å². The molecule has 1 spiro atoms. The third-order valence-electron chi connectivity index (χ3n) is 2.80. The van der Waals surface area contributed by atoms with Gasteiger partial charge in [0.1, 0.15) is 0 Å². The largest absolute Gasteiger partial charge is 0.344 e. The van der Waals surface area contributed by atoms with Crippen LogP contribution in [0.5, 0.6) is 0 Å². The number of hydroxylamine groups is 2. The Bertz CT molecular complexity index is 242. The van der Waals surface area contributed by atoms with Gasteiger partial charge in [0.2, 0.25) is 5.91 Å². The molecule has 13 heavy (non-hydrogen) atoms. The van der Waals surface area contributed by atoms with Crippen LogP contribution < -0.4 is 5.32 Å².